The van der Waals surface area contributed by atoms with Crippen LogP contribution in [-0.2, 0) is 10.2 Å². The highest BCUT2D eigenvalue weighted by Crippen LogP contribution is 2.40. The van der Waals surface area contributed by atoms with Gasteiger partial charge in [0.25, 0.3) is 0 Å². The van der Waals surface area contributed by atoms with Crippen molar-refractivity contribution in [2.24, 2.45) is 10.7 Å². The highest BCUT2D eigenvalue weighted by Gasteiger charge is 2.38. The number of aryl methyl sites for hydroxylation is 1. The second kappa shape index (κ2) is 6.47. The van der Waals surface area contributed by atoms with Gasteiger partial charge < -0.3 is 11.1 Å². The average Bonchev–Trinajstić information content (AvgIpc) is 2.83. The quantitative estimate of drug-likeness (QED) is 0.533. The number of benzene rings is 2. The minimum absolute atomic E-state index is 0.0936. The van der Waals surface area contributed by atoms with Gasteiger partial charge in [0.15, 0.2) is 5.84 Å². The molecule has 0 bridgehead atoms. The molecule has 8 heteroatoms. The van der Waals surface area contributed by atoms with Gasteiger partial charge in [-0.05, 0) is 55.2 Å². The maximum Gasteiger partial charge on any atom is 0.449 e. The summed E-state index contributed by atoms with van der Waals surface area (Å²) in [6.45, 7) is 5.53. The van der Waals surface area contributed by atoms with Crippen LogP contribution in [0.3, 0.4) is 0 Å². The van der Waals surface area contributed by atoms with Crippen molar-refractivity contribution >= 4 is 23.3 Å². The molecule has 3 rings (SSSR count). The minimum atomic E-state index is -4.79. The normalized spacial score (nSPS) is 15.9. The van der Waals surface area contributed by atoms with Crippen molar-refractivity contribution in [3.63, 3.8) is 0 Å². The van der Waals surface area contributed by atoms with Gasteiger partial charge in [0.2, 0.25) is 11.7 Å². The van der Waals surface area contributed by atoms with Crippen molar-refractivity contribution in [2.75, 3.05) is 5.32 Å². The van der Waals surface area contributed by atoms with Gasteiger partial charge >= 0.3 is 6.18 Å². The van der Waals surface area contributed by atoms with Crippen molar-refractivity contribution in [2.45, 2.75) is 32.4 Å². The molecule has 0 aliphatic carbocycles. The van der Waals surface area contributed by atoms with Crippen LogP contribution in [0.5, 0.6) is 0 Å². The van der Waals surface area contributed by atoms with E-state index in [9.17, 15) is 18.0 Å². The zero-order valence-electron chi connectivity index (χ0n) is 15.5. The fourth-order valence-electron chi connectivity index (χ4n) is 3.09. The summed E-state index contributed by atoms with van der Waals surface area (Å²) in [6.07, 6.45) is -4.79. The zero-order valence-corrected chi connectivity index (χ0v) is 15.5. The molecule has 0 aromatic heterocycles. The summed E-state index contributed by atoms with van der Waals surface area (Å²) in [6, 6.07) is 10.4. The molecule has 0 saturated heterocycles. The molecule has 0 unspecified atom stereocenters. The number of nitrogens with two attached hydrogens (primary N) is 1. The second-order valence-electron chi connectivity index (χ2n) is 7.21. The molecule has 146 valence electrons. The second-order valence-corrected chi connectivity index (χ2v) is 7.21. The van der Waals surface area contributed by atoms with Crippen molar-refractivity contribution in [3.8, 4) is 11.1 Å². The summed E-state index contributed by atoms with van der Waals surface area (Å²) >= 11 is 0. The lowest BCUT2D eigenvalue weighted by Gasteiger charge is -2.15. The van der Waals surface area contributed by atoms with Gasteiger partial charge in [-0.2, -0.15) is 13.2 Å². The molecule has 2 aromatic carbocycles. The number of nitrogens with one attached hydrogen (secondary N) is 2. The minimum Gasteiger partial charge on any atom is -0.380 e. The molecule has 1 heterocycles. The third-order valence-corrected chi connectivity index (χ3v) is 4.85. The van der Waals surface area contributed by atoms with Crippen molar-refractivity contribution < 1.29 is 18.0 Å². The number of hydrogen-bond donors (Lipinski definition) is 3. The topological polar surface area (TPSA) is 91.3 Å². The average molecular weight is 388 g/mol. The van der Waals surface area contributed by atoms with Gasteiger partial charge in [0.05, 0.1) is 5.41 Å². The number of amides is 1. The zero-order chi connectivity index (χ0) is 20.9. The molecule has 1 aliphatic rings. The monoisotopic (exact) mass is 388 g/mol. The van der Waals surface area contributed by atoms with Gasteiger partial charge in [-0.1, -0.05) is 24.3 Å². The molecule has 0 saturated carbocycles. The molecule has 4 N–H and O–H groups in total. The van der Waals surface area contributed by atoms with E-state index < -0.39 is 23.3 Å². The molecular formula is C20H19F3N4O. The lowest BCUT2D eigenvalue weighted by Crippen LogP contribution is -2.32. The first-order valence-corrected chi connectivity index (χ1v) is 8.48. The third-order valence-electron chi connectivity index (χ3n) is 4.85. The summed E-state index contributed by atoms with van der Waals surface area (Å²) in [5.74, 6) is -2.24. The molecule has 0 spiro atoms. The Hall–Kier alpha value is -3.16. The Kier molecular flexibility index (Phi) is 4.53. The maximum absolute atomic E-state index is 12.6. The first-order valence-electron chi connectivity index (χ1n) is 8.48. The number of alkyl halides is 3. The molecule has 1 aliphatic heterocycles. The van der Waals surface area contributed by atoms with Crippen molar-refractivity contribution in [1.82, 2.24) is 0 Å². The van der Waals surface area contributed by atoms with E-state index >= 15 is 0 Å². The molecule has 0 radical (unpaired) electrons. The summed E-state index contributed by atoms with van der Waals surface area (Å²) in [5.41, 5.74) is 8.44. The van der Waals surface area contributed by atoms with E-state index in [2.05, 4.69) is 10.3 Å². The Morgan fingerprint density at radius 1 is 1.18 bits per heavy atom. The number of halogens is 3. The Morgan fingerprint density at radius 2 is 1.86 bits per heavy atom. The van der Waals surface area contributed by atoms with E-state index in [1.165, 1.54) is 6.07 Å². The van der Waals surface area contributed by atoms with E-state index in [1.807, 2.05) is 39.0 Å². The number of carbonyl (C=O) groups is 1. The van der Waals surface area contributed by atoms with Crippen molar-refractivity contribution in [1.29, 1.82) is 5.41 Å². The fourth-order valence-corrected chi connectivity index (χ4v) is 3.09. The number of amidine groups is 2. The van der Waals surface area contributed by atoms with E-state index in [1.54, 1.807) is 12.1 Å². The molecular weight excluding hydrogens is 369 g/mol. The number of rotatable bonds is 2. The molecule has 2 aromatic rings. The molecule has 1 amide bonds. The number of hydrogen-bond acceptors (Lipinski definition) is 2. The van der Waals surface area contributed by atoms with Gasteiger partial charge in [-0.3, -0.25) is 10.2 Å². The highest BCUT2D eigenvalue weighted by molar-refractivity contribution is 6.07. The van der Waals surface area contributed by atoms with Crippen LogP contribution in [0.2, 0.25) is 0 Å². The fraction of sp³-hybridized carbons (Fsp3) is 0.250. The van der Waals surface area contributed by atoms with Gasteiger partial charge in [-0.25, -0.2) is 4.99 Å². The lowest BCUT2D eigenvalue weighted by molar-refractivity contribution is -0.119. The molecule has 28 heavy (non-hydrogen) atoms. The van der Waals surface area contributed by atoms with Crippen LogP contribution >= 0.6 is 0 Å². The Bertz CT molecular complexity index is 1020. The van der Waals surface area contributed by atoms with Crippen LogP contribution < -0.4 is 11.1 Å². The lowest BCUT2D eigenvalue weighted by atomic mass is 9.85. The Balaban J connectivity index is 2.01. The summed E-state index contributed by atoms with van der Waals surface area (Å²) in [5, 5.41) is 10.7. The number of aliphatic imine (C=N–C) groups is 1. The largest absolute Gasteiger partial charge is 0.449 e. The van der Waals surface area contributed by atoms with Crippen LogP contribution in [0.15, 0.2) is 41.4 Å². The van der Waals surface area contributed by atoms with Crippen molar-refractivity contribution in [3.05, 3.63) is 53.1 Å². The Labute approximate surface area is 160 Å². The van der Waals surface area contributed by atoms with Crippen LogP contribution in [0.4, 0.5) is 18.9 Å². The molecule has 0 fully saturated rings. The van der Waals surface area contributed by atoms with Crippen LogP contribution in [0.1, 0.15) is 30.5 Å². The van der Waals surface area contributed by atoms with E-state index in [4.69, 9.17) is 11.1 Å². The predicted octanol–water partition coefficient (Wildman–Crippen LogP) is 4.14. The first-order chi connectivity index (χ1) is 12.9. The standard InChI is InChI=1S/C20H19F3N4O/c1-10-4-5-12(16(24)27-17(25)20(21,22)23)8-13(10)11-6-7-14-15(9-11)26-18(28)19(14,2)3/h4-9H,1-3H3,(H,26,28)(H3,24,25,27). The third kappa shape index (κ3) is 3.37. The Morgan fingerprint density at radius 3 is 2.50 bits per heavy atom. The number of anilines is 1. The number of carbonyl (C=O) groups excluding carboxylic acids is 1. The van der Waals surface area contributed by atoms with E-state index in [0.717, 1.165) is 22.3 Å². The van der Waals surface area contributed by atoms with E-state index in [0.29, 0.717) is 5.69 Å². The smallest absolute Gasteiger partial charge is 0.380 e. The van der Waals surface area contributed by atoms with Gasteiger partial charge in [-0.15, -0.1) is 0 Å². The summed E-state index contributed by atoms with van der Waals surface area (Å²) in [4.78, 5) is 15.3. The van der Waals surface area contributed by atoms with Gasteiger partial charge in [0, 0.05) is 11.3 Å². The van der Waals surface area contributed by atoms with Crippen LogP contribution in [0, 0.1) is 12.3 Å². The maximum atomic E-state index is 12.6. The molecule has 5 nitrogen and oxygen atoms in total. The summed E-state index contributed by atoms with van der Waals surface area (Å²) in [7, 11) is 0. The summed E-state index contributed by atoms with van der Waals surface area (Å²) < 4.78 is 37.7. The first kappa shape index (κ1) is 19.6. The highest BCUT2D eigenvalue weighted by atomic mass is 19.4. The molecule has 0 atom stereocenters. The number of fused-ring (bicyclic) bond motifs is 1. The predicted molar refractivity (Wildman–Crippen MR) is 103 cm³/mol. The SMILES string of the molecule is Cc1ccc(C(=N)N=C(N)C(F)(F)F)cc1-c1ccc2c(c1)NC(=O)C2(C)C. The van der Waals surface area contributed by atoms with Gasteiger partial charge in [0.1, 0.15) is 0 Å². The van der Waals surface area contributed by atoms with Crippen LogP contribution in [0.25, 0.3) is 11.1 Å². The van der Waals surface area contributed by atoms with E-state index in [-0.39, 0.29) is 11.5 Å². The number of nitrogens with zero attached hydrogens (tertiary/aromatic N) is 1. The van der Waals surface area contributed by atoms with Crippen LogP contribution in [-0.4, -0.2) is 23.8 Å².